The Kier molecular flexibility index (Phi) is 8.60. The summed E-state index contributed by atoms with van der Waals surface area (Å²) in [6.07, 6.45) is 2.36. The monoisotopic (exact) mass is 589 g/mol. The van der Waals surface area contributed by atoms with Gasteiger partial charge in [0.15, 0.2) is 0 Å². The molecule has 1 amide bonds. The molecule has 0 saturated carbocycles. The molecular weight excluding hydrogens is 559 g/mol. The second-order valence-corrected chi connectivity index (χ2v) is 13.9. The Morgan fingerprint density at radius 1 is 0.949 bits per heavy atom. The maximum Gasteiger partial charge on any atom is 0.264 e. The van der Waals surface area contributed by atoms with E-state index >= 15 is 0 Å². The van der Waals surface area contributed by atoms with E-state index in [4.69, 9.17) is 4.74 Å². The van der Waals surface area contributed by atoms with Crippen molar-refractivity contribution in [1.29, 1.82) is 0 Å². The second kappa shape index (κ2) is 11.6. The van der Waals surface area contributed by atoms with Gasteiger partial charge in [-0.3, -0.25) is 9.10 Å². The number of para-hydroxylation sites is 2. The van der Waals surface area contributed by atoms with Crippen molar-refractivity contribution < 1.29 is 26.4 Å². The number of fused-ring (bicyclic) bond motifs is 1. The minimum atomic E-state index is -4.15. The first kappa shape index (κ1) is 28.9. The predicted molar refractivity (Wildman–Crippen MR) is 154 cm³/mol. The molecule has 1 heterocycles. The van der Waals surface area contributed by atoms with Gasteiger partial charge in [-0.15, -0.1) is 11.8 Å². The number of thioether (sulfide) groups is 1. The molecule has 4 rings (SSSR count). The Hall–Kier alpha value is -3.06. The number of carbonyl (C=O) groups is 1. The number of hydrogen-bond acceptors (Lipinski definition) is 7. The average Bonchev–Trinajstić information content (AvgIpc) is 3.35. The lowest BCUT2D eigenvalue weighted by atomic mass is 10.2. The molecule has 9 nitrogen and oxygen atoms in total. The zero-order chi connectivity index (χ0) is 28.4. The first-order valence-corrected chi connectivity index (χ1v) is 16.4. The number of rotatable bonds is 10. The van der Waals surface area contributed by atoms with Crippen LogP contribution in [0, 0.1) is 0 Å². The van der Waals surface area contributed by atoms with E-state index in [0.29, 0.717) is 36.6 Å². The van der Waals surface area contributed by atoms with Crippen LogP contribution in [0.15, 0.2) is 81.4 Å². The van der Waals surface area contributed by atoms with Crippen LogP contribution in [0.2, 0.25) is 0 Å². The van der Waals surface area contributed by atoms with E-state index in [1.165, 1.54) is 49.0 Å². The Balaban J connectivity index is 1.72. The SMILES string of the molecule is CCOc1ccccc1N(CC(=O)N1CCc2cc(S(=O)(=O)N(C)C)ccc21)S(=O)(=O)c1ccc(SC)cc1. The highest BCUT2D eigenvalue weighted by Gasteiger charge is 2.34. The molecule has 208 valence electrons. The van der Waals surface area contributed by atoms with Crippen molar-refractivity contribution in [3.8, 4) is 5.75 Å². The second-order valence-electron chi connectivity index (χ2n) is 8.96. The van der Waals surface area contributed by atoms with Crippen LogP contribution in [0.1, 0.15) is 12.5 Å². The largest absolute Gasteiger partial charge is 0.492 e. The van der Waals surface area contributed by atoms with Crippen molar-refractivity contribution in [1.82, 2.24) is 4.31 Å². The number of carbonyl (C=O) groups excluding carboxylic acids is 1. The fourth-order valence-corrected chi connectivity index (χ4v) is 7.12. The summed E-state index contributed by atoms with van der Waals surface area (Å²) >= 11 is 1.50. The highest BCUT2D eigenvalue weighted by molar-refractivity contribution is 7.98. The third kappa shape index (κ3) is 5.79. The molecule has 3 aromatic rings. The van der Waals surface area contributed by atoms with Gasteiger partial charge in [0.1, 0.15) is 12.3 Å². The Morgan fingerprint density at radius 3 is 2.26 bits per heavy atom. The van der Waals surface area contributed by atoms with Gasteiger partial charge in [0.25, 0.3) is 10.0 Å². The summed E-state index contributed by atoms with van der Waals surface area (Å²) in [5.41, 5.74) is 1.54. The smallest absolute Gasteiger partial charge is 0.264 e. The standard InChI is InChI=1S/C27H31N3O6S3/c1-5-36-26-9-7-6-8-25(26)30(39(34,35)22-12-10-21(37-4)11-13-22)19-27(31)29-17-16-20-18-23(14-15-24(20)29)38(32,33)28(2)3/h6-15,18H,5,16-17,19H2,1-4H3. The number of nitrogens with zero attached hydrogens (tertiary/aromatic N) is 3. The maximum atomic E-state index is 13.9. The molecule has 0 saturated heterocycles. The van der Waals surface area contributed by atoms with E-state index in [0.717, 1.165) is 13.5 Å². The van der Waals surface area contributed by atoms with E-state index in [9.17, 15) is 21.6 Å². The summed E-state index contributed by atoms with van der Waals surface area (Å²) in [7, 11) is -4.85. The zero-order valence-electron chi connectivity index (χ0n) is 22.2. The van der Waals surface area contributed by atoms with E-state index in [-0.39, 0.29) is 15.5 Å². The first-order valence-electron chi connectivity index (χ1n) is 12.2. The molecule has 0 aromatic heterocycles. The molecule has 1 aliphatic heterocycles. The summed E-state index contributed by atoms with van der Waals surface area (Å²) in [5, 5.41) is 0. The van der Waals surface area contributed by atoms with Crippen LogP contribution in [0.5, 0.6) is 5.75 Å². The van der Waals surface area contributed by atoms with E-state index in [2.05, 4.69) is 0 Å². The molecule has 3 aromatic carbocycles. The van der Waals surface area contributed by atoms with Crippen LogP contribution in [-0.4, -0.2) is 67.1 Å². The van der Waals surface area contributed by atoms with Gasteiger partial charge in [0, 0.05) is 31.2 Å². The topological polar surface area (TPSA) is 104 Å². The van der Waals surface area contributed by atoms with Gasteiger partial charge < -0.3 is 9.64 Å². The third-order valence-corrected chi connectivity index (χ3v) is 10.7. The Labute approximate surface area is 234 Å². The van der Waals surface area contributed by atoms with Gasteiger partial charge >= 0.3 is 0 Å². The molecular formula is C27H31N3O6S3. The number of benzene rings is 3. The number of hydrogen-bond donors (Lipinski definition) is 0. The number of anilines is 2. The lowest BCUT2D eigenvalue weighted by Gasteiger charge is -2.28. The minimum absolute atomic E-state index is 0.0553. The molecule has 12 heteroatoms. The fraction of sp³-hybridized carbons (Fsp3) is 0.296. The lowest BCUT2D eigenvalue weighted by molar-refractivity contribution is -0.117. The lowest BCUT2D eigenvalue weighted by Crippen LogP contribution is -2.42. The fourth-order valence-electron chi connectivity index (χ4n) is 4.33. The normalized spacial score (nSPS) is 13.4. The van der Waals surface area contributed by atoms with Gasteiger partial charge in [-0.2, -0.15) is 0 Å². The van der Waals surface area contributed by atoms with E-state index < -0.39 is 32.5 Å². The molecule has 0 spiro atoms. The minimum Gasteiger partial charge on any atom is -0.492 e. The molecule has 0 N–H and O–H groups in total. The van der Waals surface area contributed by atoms with Crippen molar-refractivity contribution in [2.75, 3.05) is 49.3 Å². The summed E-state index contributed by atoms with van der Waals surface area (Å²) < 4.78 is 60.9. The van der Waals surface area contributed by atoms with E-state index in [1.54, 1.807) is 55.5 Å². The van der Waals surface area contributed by atoms with Gasteiger partial charge in [0.2, 0.25) is 15.9 Å². The van der Waals surface area contributed by atoms with E-state index in [1.807, 2.05) is 6.26 Å². The van der Waals surface area contributed by atoms with Crippen molar-refractivity contribution in [3.63, 3.8) is 0 Å². The number of sulfonamides is 2. The van der Waals surface area contributed by atoms with Crippen molar-refractivity contribution in [3.05, 3.63) is 72.3 Å². The first-order chi connectivity index (χ1) is 18.5. The Bertz CT molecular complexity index is 1570. The molecule has 39 heavy (non-hydrogen) atoms. The van der Waals surface area contributed by atoms with Crippen LogP contribution in [0.3, 0.4) is 0 Å². The van der Waals surface area contributed by atoms with Gasteiger partial charge in [-0.25, -0.2) is 21.1 Å². The Morgan fingerprint density at radius 2 is 1.62 bits per heavy atom. The van der Waals surface area contributed by atoms with Crippen LogP contribution in [0.4, 0.5) is 11.4 Å². The molecule has 0 unspecified atom stereocenters. The highest BCUT2D eigenvalue weighted by Crippen LogP contribution is 2.35. The highest BCUT2D eigenvalue weighted by atomic mass is 32.2. The summed E-state index contributed by atoms with van der Waals surface area (Å²) in [5.74, 6) is -0.0926. The number of ether oxygens (including phenoxy) is 1. The van der Waals surface area contributed by atoms with Gasteiger partial charge in [-0.05, 0) is 79.8 Å². The molecule has 0 fully saturated rings. The quantitative estimate of drug-likeness (QED) is 0.331. The zero-order valence-corrected chi connectivity index (χ0v) is 24.6. The predicted octanol–water partition coefficient (Wildman–Crippen LogP) is 3.84. The molecule has 0 radical (unpaired) electrons. The van der Waals surface area contributed by atoms with Crippen molar-refractivity contribution >= 4 is 49.1 Å². The van der Waals surface area contributed by atoms with Crippen LogP contribution >= 0.6 is 11.8 Å². The van der Waals surface area contributed by atoms with Gasteiger partial charge in [0.05, 0.1) is 22.1 Å². The summed E-state index contributed by atoms with van der Waals surface area (Å²) in [6, 6.07) is 17.9. The maximum absolute atomic E-state index is 13.9. The third-order valence-electron chi connectivity index (χ3n) is 6.39. The van der Waals surface area contributed by atoms with Gasteiger partial charge in [-0.1, -0.05) is 12.1 Å². The summed E-state index contributed by atoms with van der Waals surface area (Å²) in [6.45, 7) is 1.96. The van der Waals surface area contributed by atoms with Crippen LogP contribution in [0.25, 0.3) is 0 Å². The van der Waals surface area contributed by atoms with Crippen LogP contribution in [-0.2, 0) is 31.3 Å². The molecule has 0 aliphatic carbocycles. The molecule has 1 aliphatic rings. The van der Waals surface area contributed by atoms with Crippen molar-refractivity contribution in [2.24, 2.45) is 0 Å². The van der Waals surface area contributed by atoms with Crippen LogP contribution < -0.4 is 13.9 Å². The average molecular weight is 590 g/mol. The summed E-state index contributed by atoms with van der Waals surface area (Å²) in [4.78, 5) is 16.3. The van der Waals surface area contributed by atoms with Crippen molar-refractivity contribution in [2.45, 2.75) is 28.0 Å². The molecule has 0 bridgehead atoms. The number of amides is 1. The molecule has 0 atom stereocenters.